The monoisotopic (exact) mass is 416 g/mol. The van der Waals surface area contributed by atoms with Crippen LogP contribution in [0.5, 0.6) is 11.5 Å². The SMILES string of the molecule is CC1=C(c2cc(F)ccc2O)C(C)(c2c(C)noc2C)NO1.Oc1ccccc1F. The van der Waals surface area contributed by atoms with E-state index < -0.39 is 17.2 Å². The molecular formula is C22H22F2N2O4. The fourth-order valence-corrected chi connectivity index (χ4v) is 3.62. The van der Waals surface area contributed by atoms with Crippen molar-refractivity contribution in [3.8, 4) is 11.5 Å². The quantitative estimate of drug-likeness (QED) is 0.554. The van der Waals surface area contributed by atoms with Gasteiger partial charge in [-0.2, -0.15) is 0 Å². The maximum atomic E-state index is 13.7. The molecule has 2 heterocycles. The van der Waals surface area contributed by atoms with E-state index in [9.17, 15) is 13.9 Å². The number of rotatable bonds is 2. The fourth-order valence-electron chi connectivity index (χ4n) is 3.62. The van der Waals surface area contributed by atoms with Gasteiger partial charge in [-0.3, -0.25) is 0 Å². The average molecular weight is 416 g/mol. The van der Waals surface area contributed by atoms with Gasteiger partial charge in [-0.15, -0.1) is 5.48 Å². The lowest BCUT2D eigenvalue weighted by molar-refractivity contribution is 0.0852. The molecule has 1 aliphatic rings. The summed E-state index contributed by atoms with van der Waals surface area (Å²) in [4.78, 5) is 5.49. The van der Waals surface area contributed by atoms with E-state index in [0.717, 1.165) is 5.56 Å². The van der Waals surface area contributed by atoms with Crippen molar-refractivity contribution in [1.82, 2.24) is 10.6 Å². The Morgan fingerprint density at radius 2 is 1.70 bits per heavy atom. The second-order valence-electron chi connectivity index (χ2n) is 7.07. The Kier molecular flexibility index (Phi) is 5.80. The number of hydroxylamine groups is 1. The third-order valence-electron chi connectivity index (χ3n) is 4.87. The number of hydrogen-bond acceptors (Lipinski definition) is 6. The molecule has 8 heteroatoms. The van der Waals surface area contributed by atoms with E-state index >= 15 is 0 Å². The van der Waals surface area contributed by atoms with Crippen LogP contribution in [0.25, 0.3) is 5.57 Å². The summed E-state index contributed by atoms with van der Waals surface area (Å²) >= 11 is 0. The van der Waals surface area contributed by atoms with Gasteiger partial charge in [0.25, 0.3) is 0 Å². The van der Waals surface area contributed by atoms with E-state index in [0.29, 0.717) is 28.3 Å². The smallest absolute Gasteiger partial charge is 0.164 e. The molecule has 30 heavy (non-hydrogen) atoms. The molecule has 158 valence electrons. The average Bonchev–Trinajstić information content (AvgIpc) is 3.19. The van der Waals surface area contributed by atoms with Crippen LogP contribution in [0.1, 0.15) is 36.4 Å². The molecule has 0 aliphatic carbocycles. The van der Waals surface area contributed by atoms with Crippen molar-refractivity contribution in [2.45, 2.75) is 33.2 Å². The lowest BCUT2D eigenvalue weighted by atomic mass is 9.80. The van der Waals surface area contributed by atoms with Gasteiger partial charge in [0.05, 0.1) is 5.69 Å². The summed E-state index contributed by atoms with van der Waals surface area (Å²) in [7, 11) is 0. The Balaban J connectivity index is 0.000000269. The number of aromatic nitrogens is 1. The Morgan fingerprint density at radius 3 is 2.27 bits per heavy atom. The highest BCUT2D eigenvalue weighted by molar-refractivity contribution is 5.80. The van der Waals surface area contributed by atoms with Crippen molar-refractivity contribution in [3.05, 3.63) is 82.4 Å². The zero-order valence-electron chi connectivity index (χ0n) is 17.0. The predicted molar refractivity (Wildman–Crippen MR) is 106 cm³/mol. The van der Waals surface area contributed by atoms with Gasteiger partial charge in [0, 0.05) is 16.7 Å². The summed E-state index contributed by atoms with van der Waals surface area (Å²) in [5.41, 5.74) is 4.70. The predicted octanol–water partition coefficient (Wildman–Crippen LogP) is 4.85. The largest absolute Gasteiger partial charge is 0.507 e. The van der Waals surface area contributed by atoms with Gasteiger partial charge in [0.15, 0.2) is 11.6 Å². The van der Waals surface area contributed by atoms with E-state index in [1.807, 2.05) is 13.8 Å². The fraction of sp³-hybridized carbons (Fsp3) is 0.227. The summed E-state index contributed by atoms with van der Waals surface area (Å²) in [6.45, 7) is 7.28. The Bertz CT molecular complexity index is 1070. The van der Waals surface area contributed by atoms with Gasteiger partial charge in [-0.25, -0.2) is 8.78 Å². The molecule has 1 aliphatic heterocycles. The topological polar surface area (TPSA) is 87.8 Å². The zero-order valence-corrected chi connectivity index (χ0v) is 17.0. The standard InChI is InChI=1S/C16H17FN2O3.C6H5FO/c1-8-14(9(2)21-18-8)16(4)15(10(3)22-19-16)12-7-11(17)5-6-13(12)20;7-5-3-1-2-4-6(5)8/h5-7,19-20H,1-4H3;1-4,8H. The summed E-state index contributed by atoms with van der Waals surface area (Å²) in [6, 6.07) is 9.43. The molecule has 1 atom stereocenters. The van der Waals surface area contributed by atoms with E-state index in [-0.39, 0.29) is 11.5 Å². The molecule has 1 aromatic heterocycles. The first-order valence-corrected chi connectivity index (χ1v) is 9.16. The molecule has 0 radical (unpaired) electrons. The summed E-state index contributed by atoms with van der Waals surface area (Å²) in [5.74, 6) is -0.121. The number of phenols is 2. The van der Waals surface area contributed by atoms with Gasteiger partial charge in [0.2, 0.25) is 0 Å². The second-order valence-corrected chi connectivity index (χ2v) is 7.07. The minimum atomic E-state index is -0.802. The minimum Gasteiger partial charge on any atom is -0.507 e. The second kappa shape index (κ2) is 8.16. The summed E-state index contributed by atoms with van der Waals surface area (Å²) in [6.07, 6.45) is 0. The number of hydrogen-bond donors (Lipinski definition) is 3. The third-order valence-corrected chi connectivity index (χ3v) is 4.87. The van der Waals surface area contributed by atoms with E-state index in [1.165, 1.54) is 36.4 Å². The Labute approximate surface area is 172 Å². The van der Waals surface area contributed by atoms with Gasteiger partial charge >= 0.3 is 0 Å². The molecule has 2 aromatic carbocycles. The van der Waals surface area contributed by atoms with Crippen LogP contribution in [0.4, 0.5) is 8.78 Å². The normalized spacial score (nSPS) is 18.1. The number of nitrogens with zero attached hydrogens (tertiary/aromatic N) is 1. The first kappa shape index (κ1) is 21.3. The van der Waals surface area contributed by atoms with Crippen molar-refractivity contribution in [2.75, 3.05) is 0 Å². The van der Waals surface area contributed by atoms with E-state index in [2.05, 4.69) is 10.6 Å². The number of aromatic hydroxyl groups is 2. The number of allylic oxidation sites excluding steroid dienone is 1. The van der Waals surface area contributed by atoms with E-state index in [4.69, 9.17) is 14.5 Å². The van der Waals surface area contributed by atoms with Crippen LogP contribution in [0, 0.1) is 25.5 Å². The molecular weight excluding hydrogens is 394 g/mol. The maximum absolute atomic E-state index is 13.7. The van der Waals surface area contributed by atoms with Crippen molar-refractivity contribution in [1.29, 1.82) is 0 Å². The number of aryl methyl sites for hydroxylation is 2. The molecule has 0 spiro atoms. The molecule has 4 rings (SSSR count). The molecule has 3 N–H and O–H groups in total. The number of halogens is 2. The minimum absolute atomic E-state index is 0.0129. The van der Waals surface area contributed by atoms with Crippen LogP contribution < -0.4 is 5.48 Å². The summed E-state index contributed by atoms with van der Waals surface area (Å²) in [5, 5.41) is 22.7. The van der Waals surface area contributed by atoms with Crippen molar-refractivity contribution in [2.24, 2.45) is 0 Å². The van der Waals surface area contributed by atoms with Crippen molar-refractivity contribution in [3.63, 3.8) is 0 Å². The Hall–Kier alpha value is -3.39. The molecule has 0 saturated carbocycles. The number of benzene rings is 2. The molecule has 0 fully saturated rings. The third kappa shape index (κ3) is 3.86. The molecule has 0 bridgehead atoms. The van der Waals surface area contributed by atoms with Crippen molar-refractivity contribution < 1.29 is 28.4 Å². The van der Waals surface area contributed by atoms with E-state index in [1.54, 1.807) is 19.9 Å². The highest BCUT2D eigenvalue weighted by atomic mass is 19.1. The maximum Gasteiger partial charge on any atom is 0.164 e. The molecule has 6 nitrogen and oxygen atoms in total. The Morgan fingerprint density at radius 1 is 1.00 bits per heavy atom. The number of nitrogens with one attached hydrogen (secondary N) is 1. The van der Waals surface area contributed by atoms with Gasteiger partial charge in [-0.05, 0) is 58.0 Å². The number of phenolic OH excluding ortho intramolecular Hbond substituents is 2. The molecule has 0 saturated heterocycles. The van der Waals surface area contributed by atoms with Crippen LogP contribution in [0.3, 0.4) is 0 Å². The number of para-hydroxylation sites is 1. The first-order chi connectivity index (χ1) is 14.1. The van der Waals surface area contributed by atoms with Gasteiger partial charge in [-0.1, -0.05) is 17.3 Å². The van der Waals surface area contributed by atoms with Crippen LogP contribution in [0.2, 0.25) is 0 Å². The first-order valence-electron chi connectivity index (χ1n) is 9.16. The lowest BCUT2D eigenvalue weighted by Crippen LogP contribution is -2.36. The molecule has 3 aromatic rings. The van der Waals surface area contributed by atoms with Gasteiger partial charge in [0.1, 0.15) is 28.6 Å². The van der Waals surface area contributed by atoms with Crippen LogP contribution >= 0.6 is 0 Å². The van der Waals surface area contributed by atoms with Gasteiger partial charge < -0.3 is 19.6 Å². The highest BCUT2D eigenvalue weighted by Gasteiger charge is 2.44. The highest BCUT2D eigenvalue weighted by Crippen LogP contribution is 2.46. The molecule has 0 amide bonds. The van der Waals surface area contributed by atoms with Crippen LogP contribution in [-0.2, 0) is 10.4 Å². The van der Waals surface area contributed by atoms with Crippen LogP contribution in [-0.4, -0.2) is 15.4 Å². The zero-order chi connectivity index (χ0) is 22.1. The lowest BCUT2D eigenvalue weighted by Gasteiger charge is -2.26. The molecule has 1 unspecified atom stereocenters. The summed E-state index contributed by atoms with van der Waals surface area (Å²) < 4.78 is 31.0. The van der Waals surface area contributed by atoms with Crippen molar-refractivity contribution >= 4 is 5.57 Å². The van der Waals surface area contributed by atoms with Crippen LogP contribution in [0.15, 0.2) is 52.7 Å².